The van der Waals surface area contributed by atoms with Crippen molar-refractivity contribution < 1.29 is 18.0 Å². The van der Waals surface area contributed by atoms with Crippen molar-refractivity contribution in [2.45, 2.75) is 6.18 Å². The number of hydrogen-bond acceptors (Lipinski definition) is 3. The first-order valence-corrected chi connectivity index (χ1v) is 6.70. The summed E-state index contributed by atoms with van der Waals surface area (Å²) < 4.78 is 38.9. The zero-order valence-corrected chi connectivity index (χ0v) is 12.0. The van der Waals surface area contributed by atoms with Gasteiger partial charge in [0.15, 0.2) is 0 Å². The monoisotopic (exact) mass is 321 g/mol. The lowest BCUT2D eigenvalue weighted by molar-refractivity contribution is -0.136. The number of pyridine rings is 1. The van der Waals surface area contributed by atoms with Crippen molar-refractivity contribution >= 4 is 17.3 Å². The van der Waals surface area contributed by atoms with E-state index in [9.17, 15) is 18.0 Å². The maximum absolute atomic E-state index is 13.0. The van der Waals surface area contributed by atoms with E-state index in [0.717, 1.165) is 6.07 Å². The fourth-order valence-electron chi connectivity index (χ4n) is 1.88. The van der Waals surface area contributed by atoms with Gasteiger partial charge in [0.25, 0.3) is 5.91 Å². The molecule has 120 valence electrons. The molecule has 1 amide bonds. The maximum atomic E-state index is 13.0. The highest BCUT2D eigenvalue weighted by molar-refractivity contribution is 5.93. The summed E-state index contributed by atoms with van der Waals surface area (Å²) in [4.78, 5) is 15.7. The van der Waals surface area contributed by atoms with Gasteiger partial charge in [0, 0.05) is 18.4 Å². The van der Waals surface area contributed by atoms with E-state index in [1.807, 2.05) is 0 Å². The molecule has 0 aliphatic carbocycles. The van der Waals surface area contributed by atoms with Crippen LogP contribution in [0.5, 0.6) is 0 Å². The number of hydrogen-bond donors (Lipinski definition) is 2. The summed E-state index contributed by atoms with van der Waals surface area (Å²) in [5.41, 5.74) is -0.445. The second kappa shape index (κ2) is 6.95. The average Bonchev–Trinajstić information content (AvgIpc) is 2.52. The number of aromatic nitrogens is 1. The summed E-state index contributed by atoms with van der Waals surface area (Å²) in [7, 11) is 0. The number of benzene rings is 1. The predicted molar refractivity (Wildman–Crippen MR) is 81.5 cm³/mol. The van der Waals surface area contributed by atoms with Gasteiger partial charge >= 0.3 is 6.18 Å². The molecule has 4 nitrogen and oxygen atoms in total. The number of nitrogens with one attached hydrogen (secondary N) is 2. The van der Waals surface area contributed by atoms with Crippen LogP contribution in [-0.2, 0) is 6.18 Å². The highest BCUT2D eigenvalue weighted by atomic mass is 19.4. The second-order valence-electron chi connectivity index (χ2n) is 4.60. The molecule has 0 spiro atoms. The molecule has 7 heteroatoms. The molecule has 23 heavy (non-hydrogen) atoms. The lowest BCUT2D eigenvalue weighted by atomic mass is 10.1. The Morgan fingerprint density at radius 3 is 2.70 bits per heavy atom. The summed E-state index contributed by atoms with van der Waals surface area (Å²) >= 11 is 0. The van der Waals surface area contributed by atoms with E-state index in [4.69, 9.17) is 0 Å². The Morgan fingerprint density at radius 2 is 2.00 bits per heavy atom. The molecule has 2 aromatic rings. The molecule has 1 aromatic heterocycles. The molecular formula is C16H14F3N3O. The van der Waals surface area contributed by atoms with Gasteiger partial charge in [-0.2, -0.15) is 13.2 Å². The Balaban J connectivity index is 2.25. The minimum absolute atomic E-state index is 0.0938. The number of anilines is 2. The molecule has 1 heterocycles. The van der Waals surface area contributed by atoms with Crippen LogP contribution >= 0.6 is 0 Å². The van der Waals surface area contributed by atoms with Crippen LogP contribution in [0.2, 0.25) is 0 Å². The summed E-state index contributed by atoms with van der Waals surface area (Å²) in [5.74, 6) is -0.433. The Bertz CT molecular complexity index is 714. The number of halogens is 3. The highest BCUT2D eigenvalue weighted by Crippen LogP contribution is 2.35. The van der Waals surface area contributed by atoms with Crippen molar-refractivity contribution in [1.29, 1.82) is 0 Å². The van der Waals surface area contributed by atoms with Crippen LogP contribution in [0, 0.1) is 0 Å². The van der Waals surface area contributed by atoms with Crippen molar-refractivity contribution in [1.82, 2.24) is 10.3 Å². The molecule has 0 saturated carbocycles. The van der Waals surface area contributed by atoms with Crippen molar-refractivity contribution in [2.24, 2.45) is 0 Å². The standard InChI is InChI=1S/C16H14F3N3O/c1-2-8-21-15(23)14-10-11(7-9-20-14)22-13-6-4-3-5-12(13)16(17,18)19/h2-7,9-10H,1,8H2,(H,20,22)(H,21,23). The Morgan fingerprint density at radius 1 is 1.26 bits per heavy atom. The van der Waals surface area contributed by atoms with Crippen LogP contribution in [0.15, 0.2) is 55.3 Å². The molecule has 0 aliphatic heterocycles. The van der Waals surface area contributed by atoms with E-state index >= 15 is 0 Å². The topological polar surface area (TPSA) is 54.0 Å². The van der Waals surface area contributed by atoms with Gasteiger partial charge in [-0.1, -0.05) is 18.2 Å². The van der Waals surface area contributed by atoms with Crippen molar-refractivity contribution in [3.63, 3.8) is 0 Å². The van der Waals surface area contributed by atoms with E-state index in [-0.39, 0.29) is 17.9 Å². The molecular weight excluding hydrogens is 307 g/mol. The fraction of sp³-hybridized carbons (Fsp3) is 0.125. The Labute approximate surface area is 131 Å². The lowest BCUT2D eigenvalue weighted by Gasteiger charge is -2.14. The van der Waals surface area contributed by atoms with Crippen LogP contribution in [0.4, 0.5) is 24.5 Å². The van der Waals surface area contributed by atoms with E-state index in [2.05, 4.69) is 22.2 Å². The summed E-state index contributed by atoms with van der Waals surface area (Å²) in [6, 6.07) is 7.98. The number of nitrogens with zero attached hydrogens (tertiary/aromatic N) is 1. The minimum atomic E-state index is -4.47. The minimum Gasteiger partial charge on any atom is -0.355 e. The zero-order valence-electron chi connectivity index (χ0n) is 12.0. The molecule has 0 unspecified atom stereocenters. The highest BCUT2D eigenvalue weighted by Gasteiger charge is 2.33. The fourth-order valence-corrected chi connectivity index (χ4v) is 1.88. The predicted octanol–water partition coefficient (Wildman–Crippen LogP) is 3.76. The van der Waals surface area contributed by atoms with Gasteiger partial charge in [-0.15, -0.1) is 6.58 Å². The van der Waals surface area contributed by atoms with Gasteiger partial charge in [-0.3, -0.25) is 9.78 Å². The van der Waals surface area contributed by atoms with Gasteiger partial charge in [0.2, 0.25) is 0 Å². The van der Waals surface area contributed by atoms with Crippen LogP contribution < -0.4 is 10.6 Å². The number of amides is 1. The van der Waals surface area contributed by atoms with E-state index in [1.54, 1.807) is 0 Å². The maximum Gasteiger partial charge on any atom is 0.418 e. The summed E-state index contributed by atoms with van der Waals surface area (Å²) in [6.45, 7) is 3.75. The summed E-state index contributed by atoms with van der Waals surface area (Å²) in [6.07, 6.45) is -1.61. The van der Waals surface area contributed by atoms with Crippen LogP contribution in [0.1, 0.15) is 16.1 Å². The van der Waals surface area contributed by atoms with Crippen molar-refractivity contribution in [2.75, 3.05) is 11.9 Å². The molecule has 2 N–H and O–H groups in total. The summed E-state index contributed by atoms with van der Waals surface area (Å²) in [5, 5.41) is 5.22. The number of rotatable bonds is 5. The molecule has 0 radical (unpaired) electrons. The molecule has 2 rings (SSSR count). The number of carbonyl (C=O) groups excluding carboxylic acids is 1. The zero-order chi connectivity index (χ0) is 16.9. The lowest BCUT2D eigenvalue weighted by Crippen LogP contribution is -2.24. The van der Waals surface area contributed by atoms with E-state index in [0.29, 0.717) is 5.69 Å². The van der Waals surface area contributed by atoms with Gasteiger partial charge in [-0.05, 0) is 24.3 Å². The van der Waals surface area contributed by atoms with E-state index in [1.165, 1.54) is 42.6 Å². The third kappa shape index (κ3) is 4.32. The molecule has 0 aliphatic rings. The molecule has 0 saturated heterocycles. The molecule has 0 atom stereocenters. The molecule has 0 bridgehead atoms. The first-order valence-electron chi connectivity index (χ1n) is 6.70. The average molecular weight is 321 g/mol. The number of para-hydroxylation sites is 1. The van der Waals surface area contributed by atoms with Crippen LogP contribution in [0.3, 0.4) is 0 Å². The van der Waals surface area contributed by atoms with E-state index < -0.39 is 17.6 Å². The SMILES string of the molecule is C=CCNC(=O)c1cc(Nc2ccccc2C(F)(F)F)ccn1. The van der Waals surface area contributed by atoms with Gasteiger partial charge in [0.1, 0.15) is 5.69 Å². The normalized spacial score (nSPS) is 10.9. The Kier molecular flexibility index (Phi) is 5.00. The molecule has 1 aromatic carbocycles. The van der Waals surface area contributed by atoms with Gasteiger partial charge in [0.05, 0.1) is 11.3 Å². The number of alkyl halides is 3. The Hall–Kier alpha value is -2.83. The third-order valence-electron chi connectivity index (χ3n) is 2.91. The largest absolute Gasteiger partial charge is 0.418 e. The van der Waals surface area contributed by atoms with Gasteiger partial charge < -0.3 is 10.6 Å². The quantitative estimate of drug-likeness (QED) is 0.825. The first kappa shape index (κ1) is 16.5. The van der Waals surface area contributed by atoms with Crippen molar-refractivity contribution in [3.8, 4) is 0 Å². The third-order valence-corrected chi connectivity index (χ3v) is 2.91. The number of carbonyl (C=O) groups is 1. The molecule has 0 fully saturated rings. The first-order chi connectivity index (χ1) is 10.9. The van der Waals surface area contributed by atoms with Crippen LogP contribution in [-0.4, -0.2) is 17.4 Å². The second-order valence-corrected chi connectivity index (χ2v) is 4.60. The smallest absolute Gasteiger partial charge is 0.355 e. The van der Waals surface area contributed by atoms with Crippen LogP contribution in [0.25, 0.3) is 0 Å². The van der Waals surface area contributed by atoms with Gasteiger partial charge in [-0.25, -0.2) is 0 Å². The van der Waals surface area contributed by atoms with Crippen molar-refractivity contribution in [3.05, 3.63) is 66.5 Å².